The van der Waals surface area contributed by atoms with E-state index in [2.05, 4.69) is 17.5 Å². The summed E-state index contributed by atoms with van der Waals surface area (Å²) in [5, 5.41) is 4.41. The van der Waals surface area contributed by atoms with Crippen molar-refractivity contribution < 1.29 is 14.3 Å². The molecule has 132 valence electrons. The summed E-state index contributed by atoms with van der Waals surface area (Å²) in [6, 6.07) is 11.3. The zero-order valence-electron chi connectivity index (χ0n) is 14.5. The molecular formula is C19H21ClN2O3. The summed E-state index contributed by atoms with van der Waals surface area (Å²) in [7, 11) is 3.07. The number of benzene rings is 2. The average Bonchev–Trinajstić information content (AvgIpc) is 2.62. The molecular weight excluding hydrogens is 340 g/mol. The molecule has 2 aromatic carbocycles. The van der Waals surface area contributed by atoms with E-state index in [1.807, 2.05) is 24.3 Å². The second kappa shape index (κ2) is 9.08. The predicted molar refractivity (Wildman–Crippen MR) is 99.8 cm³/mol. The molecule has 0 atom stereocenters. The van der Waals surface area contributed by atoms with Crippen LogP contribution in [0.2, 0.25) is 5.02 Å². The van der Waals surface area contributed by atoms with E-state index in [-0.39, 0.29) is 12.3 Å². The lowest BCUT2D eigenvalue weighted by Gasteiger charge is -2.09. The van der Waals surface area contributed by atoms with Gasteiger partial charge in [-0.3, -0.25) is 4.79 Å². The van der Waals surface area contributed by atoms with E-state index < -0.39 is 0 Å². The lowest BCUT2D eigenvalue weighted by Crippen LogP contribution is -2.19. The smallest absolute Gasteiger partial charge is 0.244 e. The number of halogens is 1. The van der Waals surface area contributed by atoms with E-state index in [0.717, 1.165) is 12.0 Å². The van der Waals surface area contributed by atoms with Crippen molar-refractivity contribution in [2.45, 2.75) is 19.8 Å². The predicted octanol–water partition coefficient (Wildman–Crippen LogP) is 3.61. The van der Waals surface area contributed by atoms with Crippen LogP contribution in [0.25, 0.3) is 0 Å². The zero-order chi connectivity index (χ0) is 18.2. The number of ether oxygens (including phenoxy) is 2. The highest BCUT2D eigenvalue weighted by Crippen LogP contribution is 2.31. The molecule has 0 spiro atoms. The standard InChI is InChI=1S/C19H21ClN2O3/c1-4-13-5-7-14(8-6-13)9-19(23)22-21-12-15-10-16(20)18(25-3)11-17(15)24-2/h5-8,10-12H,4,9H2,1-3H3,(H,22,23)/b21-12+. The van der Waals surface area contributed by atoms with Gasteiger partial charge >= 0.3 is 0 Å². The molecule has 0 aliphatic carbocycles. The first-order valence-electron chi connectivity index (χ1n) is 7.88. The Hall–Kier alpha value is -2.53. The minimum atomic E-state index is -0.195. The highest BCUT2D eigenvalue weighted by molar-refractivity contribution is 6.32. The van der Waals surface area contributed by atoms with E-state index in [4.69, 9.17) is 21.1 Å². The highest BCUT2D eigenvalue weighted by Gasteiger charge is 2.08. The normalized spacial score (nSPS) is 10.7. The summed E-state index contributed by atoms with van der Waals surface area (Å²) in [4.78, 5) is 12.0. The number of hydrogen-bond acceptors (Lipinski definition) is 4. The maximum Gasteiger partial charge on any atom is 0.244 e. The fraction of sp³-hybridized carbons (Fsp3) is 0.263. The third-order valence-electron chi connectivity index (χ3n) is 3.69. The number of rotatable bonds is 7. The first-order chi connectivity index (χ1) is 12.1. The minimum absolute atomic E-state index is 0.195. The van der Waals surface area contributed by atoms with Crippen LogP contribution in [0.4, 0.5) is 0 Å². The molecule has 2 aromatic rings. The summed E-state index contributed by atoms with van der Waals surface area (Å²) in [6.07, 6.45) is 2.73. The van der Waals surface area contributed by atoms with Crippen LogP contribution in [-0.2, 0) is 17.6 Å². The molecule has 5 nitrogen and oxygen atoms in total. The lowest BCUT2D eigenvalue weighted by atomic mass is 10.1. The molecule has 0 radical (unpaired) electrons. The van der Waals surface area contributed by atoms with E-state index in [9.17, 15) is 4.79 Å². The number of amides is 1. The average molecular weight is 361 g/mol. The first-order valence-corrected chi connectivity index (χ1v) is 8.26. The molecule has 0 heterocycles. The molecule has 1 amide bonds. The molecule has 6 heteroatoms. The number of carbonyl (C=O) groups excluding carboxylic acids is 1. The highest BCUT2D eigenvalue weighted by atomic mass is 35.5. The van der Waals surface area contributed by atoms with Gasteiger partial charge in [-0.15, -0.1) is 0 Å². The summed E-state index contributed by atoms with van der Waals surface area (Å²) < 4.78 is 10.4. The summed E-state index contributed by atoms with van der Waals surface area (Å²) in [5.41, 5.74) is 5.33. The Labute approximate surface area is 152 Å². The Bertz CT molecular complexity index is 758. The number of aryl methyl sites for hydroxylation is 1. The van der Waals surface area contributed by atoms with Gasteiger partial charge in [0.05, 0.1) is 31.9 Å². The third kappa shape index (κ3) is 5.22. The fourth-order valence-electron chi connectivity index (χ4n) is 2.28. The van der Waals surface area contributed by atoms with Crippen molar-refractivity contribution in [2.24, 2.45) is 5.10 Å². The summed E-state index contributed by atoms with van der Waals surface area (Å²) in [5.74, 6) is 0.865. The quantitative estimate of drug-likeness (QED) is 0.606. The molecule has 0 aliphatic rings. The number of hydrogen-bond donors (Lipinski definition) is 1. The van der Waals surface area contributed by atoms with Gasteiger partial charge < -0.3 is 9.47 Å². The van der Waals surface area contributed by atoms with Gasteiger partial charge in [0.2, 0.25) is 5.91 Å². The van der Waals surface area contributed by atoms with Crippen LogP contribution in [0.3, 0.4) is 0 Å². The topological polar surface area (TPSA) is 59.9 Å². The molecule has 25 heavy (non-hydrogen) atoms. The van der Waals surface area contributed by atoms with Crippen molar-refractivity contribution in [3.8, 4) is 11.5 Å². The molecule has 0 saturated carbocycles. The molecule has 2 rings (SSSR count). The second-order valence-electron chi connectivity index (χ2n) is 5.37. The van der Waals surface area contributed by atoms with Crippen LogP contribution in [0.15, 0.2) is 41.5 Å². The molecule has 1 N–H and O–H groups in total. The summed E-state index contributed by atoms with van der Waals surface area (Å²) in [6.45, 7) is 2.09. The third-order valence-corrected chi connectivity index (χ3v) is 3.99. The number of carbonyl (C=O) groups is 1. The van der Waals surface area contributed by atoms with Crippen molar-refractivity contribution in [3.63, 3.8) is 0 Å². The molecule has 0 bridgehead atoms. The number of nitrogens with zero attached hydrogens (tertiary/aromatic N) is 1. The Morgan fingerprint density at radius 2 is 1.76 bits per heavy atom. The Kier molecular flexibility index (Phi) is 6.83. The molecule has 0 saturated heterocycles. The Morgan fingerprint density at radius 3 is 2.36 bits per heavy atom. The van der Waals surface area contributed by atoms with E-state index in [1.165, 1.54) is 18.9 Å². The van der Waals surface area contributed by atoms with Crippen molar-refractivity contribution in [1.82, 2.24) is 5.43 Å². The number of methoxy groups -OCH3 is 2. The van der Waals surface area contributed by atoms with Crippen LogP contribution in [0.5, 0.6) is 11.5 Å². The van der Waals surface area contributed by atoms with Crippen LogP contribution in [-0.4, -0.2) is 26.3 Å². The second-order valence-corrected chi connectivity index (χ2v) is 5.78. The minimum Gasteiger partial charge on any atom is -0.496 e. The van der Waals surface area contributed by atoms with E-state index in [1.54, 1.807) is 19.2 Å². The maximum atomic E-state index is 12.0. The Morgan fingerprint density at radius 1 is 1.12 bits per heavy atom. The van der Waals surface area contributed by atoms with Crippen molar-refractivity contribution in [2.75, 3.05) is 14.2 Å². The molecule has 0 unspecified atom stereocenters. The van der Waals surface area contributed by atoms with E-state index >= 15 is 0 Å². The lowest BCUT2D eigenvalue weighted by molar-refractivity contribution is -0.120. The largest absolute Gasteiger partial charge is 0.496 e. The van der Waals surface area contributed by atoms with Crippen molar-refractivity contribution in [1.29, 1.82) is 0 Å². The van der Waals surface area contributed by atoms with Crippen LogP contribution in [0, 0.1) is 0 Å². The monoisotopic (exact) mass is 360 g/mol. The van der Waals surface area contributed by atoms with Gasteiger partial charge in [-0.2, -0.15) is 5.10 Å². The maximum absolute atomic E-state index is 12.0. The SMILES string of the molecule is CCc1ccc(CC(=O)N/N=C/c2cc(Cl)c(OC)cc2OC)cc1. The molecule has 0 aromatic heterocycles. The Balaban J connectivity index is 1.99. The van der Waals surface area contributed by atoms with E-state index in [0.29, 0.717) is 22.1 Å². The first kappa shape index (κ1) is 18.8. The van der Waals surface area contributed by atoms with Crippen LogP contribution < -0.4 is 14.9 Å². The van der Waals surface area contributed by atoms with Gasteiger partial charge in [0.15, 0.2) is 0 Å². The fourth-order valence-corrected chi connectivity index (χ4v) is 2.53. The molecule has 0 aliphatic heterocycles. The number of hydrazone groups is 1. The van der Waals surface area contributed by atoms with Gasteiger partial charge in [0.25, 0.3) is 0 Å². The summed E-state index contributed by atoms with van der Waals surface area (Å²) >= 11 is 6.10. The number of nitrogens with one attached hydrogen (secondary N) is 1. The van der Waals surface area contributed by atoms with Crippen molar-refractivity contribution in [3.05, 3.63) is 58.1 Å². The van der Waals surface area contributed by atoms with Gasteiger partial charge in [-0.1, -0.05) is 42.8 Å². The van der Waals surface area contributed by atoms with Gasteiger partial charge in [-0.25, -0.2) is 5.43 Å². The van der Waals surface area contributed by atoms with Crippen LogP contribution in [0.1, 0.15) is 23.6 Å². The zero-order valence-corrected chi connectivity index (χ0v) is 15.3. The van der Waals surface area contributed by atoms with Gasteiger partial charge in [0.1, 0.15) is 11.5 Å². The van der Waals surface area contributed by atoms with Crippen LogP contribution >= 0.6 is 11.6 Å². The van der Waals surface area contributed by atoms with Gasteiger partial charge in [0, 0.05) is 11.6 Å². The van der Waals surface area contributed by atoms with Gasteiger partial charge in [-0.05, 0) is 23.6 Å². The molecule has 0 fully saturated rings. The van der Waals surface area contributed by atoms with Crippen molar-refractivity contribution >= 4 is 23.7 Å².